The minimum Gasteiger partial charge on any atom is -0.491 e. The molecular weight excluding hydrogens is 300 g/mol. The number of piperidine rings is 1. The van der Waals surface area contributed by atoms with Crippen LogP contribution in [0.2, 0.25) is 0 Å². The molecule has 1 atom stereocenters. The maximum atomic E-state index is 10.3. The van der Waals surface area contributed by atoms with Crippen molar-refractivity contribution in [3.8, 4) is 5.75 Å². The standard InChI is InChI=1S/C20H34N2O2/c1-15(2)22-8-6-18(7-9-22)21(5)13-19(23)14-24-20-11-16(3)10-17(4)12-20/h10-12,15,18-19,23H,6-9,13-14H2,1-5H3. The molecule has 0 bridgehead atoms. The highest BCUT2D eigenvalue weighted by Crippen LogP contribution is 2.18. The Hall–Kier alpha value is -1.10. The molecule has 0 spiro atoms. The highest BCUT2D eigenvalue weighted by Gasteiger charge is 2.24. The highest BCUT2D eigenvalue weighted by molar-refractivity contribution is 5.32. The summed E-state index contributed by atoms with van der Waals surface area (Å²) in [5.74, 6) is 0.847. The number of hydrogen-bond donors (Lipinski definition) is 1. The zero-order valence-electron chi connectivity index (χ0n) is 16.0. The van der Waals surface area contributed by atoms with Crippen LogP contribution < -0.4 is 4.74 Å². The summed E-state index contributed by atoms with van der Waals surface area (Å²) in [5.41, 5.74) is 2.38. The van der Waals surface area contributed by atoms with Crippen LogP contribution in [0.1, 0.15) is 37.8 Å². The van der Waals surface area contributed by atoms with Crippen LogP contribution in [-0.2, 0) is 0 Å². The van der Waals surface area contributed by atoms with Gasteiger partial charge in [-0.05, 0) is 83.9 Å². The van der Waals surface area contributed by atoms with Crippen molar-refractivity contribution in [3.63, 3.8) is 0 Å². The molecule has 0 aliphatic carbocycles. The maximum absolute atomic E-state index is 10.3. The monoisotopic (exact) mass is 334 g/mol. The van der Waals surface area contributed by atoms with Crippen molar-refractivity contribution >= 4 is 0 Å². The topological polar surface area (TPSA) is 35.9 Å². The van der Waals surface area contributed by atoms with E-state index in [1.54, 1.807) is 0 Å². The Morgan fingerprint density at radius 3 is 2.29 bits per heavy atom. The molecule has 1 N–H and O–H groups in total. The van der Waals surface area contributed by atoms with Gasteiger partial charge in [-0.25, -0.2) is 0 Å². The van der Waals surface area contributed by atoms with Crippen LogP contribution in [0, 0.1) is 13.8 Å². The first-order chi connectivity index (χ1) is 11.3. The normalized spacial score (nSPS) is 18.3. The number of ether oxygens (including phenoxy) is 1. The van der Waals surface area contributed by atoms with Crippen molar-refractivity contribution in [2.75, 3.05) is 33.3 Å². The van der Waals surface area contributed by atoms with Gasteiger partial charge in [0.05, 0.1) is 0 Å². The van der Waals surface area contributed by atoms with E-state index >= 15 is 0 Å². The molecule has 0 radical (unpaired) electrons. The van der Waals surface area contributed by atoms with Crippen LogP contribution >= 0.6 is 0 Å². The van der Waals surface area contributed by atoms with Crippen molar-refractivity contribution in [3.05, 3.63) is 29.3 Å². The third-order valence-electron chi connectivity index (χ3n) is 4.99. The Kier molecular flexibility index (Phi) is 7.08. The van der Waals surface area contributed by atoms with Crippen molar-refractivity contribution in [2.45, 2.75) is 58.7 Å². The van der Waals surface area contributed by atoms with Crippen molar-refractivity contribution in [1.82, 2.24) is 9.80 Å². The molecule has 1 aromatic rings. The summed E-state index contributed by atoms with van der Waals surface area (Å²) in [7, 11) is 2.12. The SMILES string of the molecule is Cc1cc(C)cc(OCC(O)CN(C)C2CCN(C(C)C)CC2)c1. The number of nitrogens with zero attached hydrogens (tertiary/aromatic N) is 2. The lowest BCUT2D eigenvalue weighted by atomic mass is 10.0. The molecule has 4 nitrogen and oxygen atoms in total. The summed E-state index contributed by atoms with van der Waals surface area (Å²) in [4.78, 5) is 4.83. The lowest BCUT2D eigenvalue weighted by Gasteiger charge is -2.39. The minimum atomic E-state index is -0.459. The Balaban J connectivity index is 1.74. The number of aryl methyl sites for hydroxylation is 2. The van der Waals surface area contributed by atoms with Crippen LogP contribution in [0.25, 0.3) is 0 Å². The highest BCUT2D eigenvalue weighted by atomic mass is 16.5. The van der Waals surface area contributed by atoms with Gasteiger partial charge in [0, 0.05) is 18.6 Å². The fraction of sp³-hybridized carbons (Fsp3) is 0.700. The van der Waals surface area contributed by atoms with Gasteiger partial charge < -0.3 is 19.6 Å². The van der Waals surface area contributed by atoms with Gasteiger partial charge in [-0.3, -0.25) is 0 Å². The Morgan fingerprint density at radius 2 is 1.75 bits per heavy atom. The average Bonchev–Trinajstić information content (AvgIpc) is 2.52. The first kappa shape index (κ1) is 19.2. The second-order valence-electron chi connectivity index (χ2n) is 7.59. The van der Waals surface area contributed by atoms with E-state index in [0.29, 0.717) is 25.2 Å². The average molecular weight is 335 g/mol. The largest absolute Gasteiger partial charge is 0.491 e. The molecule has 136 valence electrons. The van der Waals surface area contributed by atoms with Crippen LogP contribution in [0.15, 0.2) is 18.2 Å². The summed E-state index contributed by atoms with van der Waals surface area (Å²) >= 11 is 0. The lowest BCUT2D eigenvalue weighted by molar-refractivity contribution is 0.0432. The van der Waals surface area contributed by atoms with Gasteiger partial charge in [-0.15, -0.1) is 0 Å². The predicted octanol–water partition coefficient (Wildman–Crippen LogP) is 2.85. The van der Waals surface area contributed by atoms with Crippen molar-refractivity contribution in [1.29, 1.82) is 0 Å². The quantitative estimate of drug-likeness (QED) is 0.832. The predicted molar refractivity (Wildman–Crippen MR) is 99.8 cm³/mol. The molecule has 1 aromatic carbocycles. The molecule has 1 heterocycles. The number of aliphatic hydroxyl groups is 1. The molecule has 1 saturated heterocycles. The summed E-state index contributed by atoms with van der Waals surface area (Å²) < 4.78 is 5.78. The van der Waals surface area contributed by atoms with E-state index in [0.717, 1.165) is 18.8 Å². The number of hydrogen-bond acceptors (Lipinski definition) is 4. The molecule has 1 unspecified atom stereocenters. The molecule has 0 amide bonds. The molecule has 4 heteroatoms. The van der Waals surface area contributed by atoms with E-state index in [4.69, 9.17) is 4.74 Å². The summed E-state index contributed by atoms with van der Waals surface area (Å²) in [6.07, 6.45) is 1.90. The minimum absolute atomic E-state index is 0.345. The number of benzene rings is 1. The van der Waals surface area contributed by atoms with Crippen LogP contribution in [0.4, 0.5) is 0 Å². The molecule has 24 heavy (non-hydrogen) atoms. The van der Waals surface area contributed by atoms with Gasteiger partial charge >= 0.3 is 0 Å². The first-order valence-corrected chi connectivity index (χ1v) is 9.18. The van der Waals surface area contributed by atoms with E-state index in [9.17, 15) is 5.11 Å². The zero-order chi connectivity index (χ0) is 17.7. The van der Waals surface area contributed by atoms with Crippen LogP contribution in [0.5, 0.6) is 5.75 Å². The van der Waals surface area contributed by atoms with E-state index < -0.39 is 6.10 Å². The molecule has 1 aliphatic heterocycles. The molecular formula is C20H34N2O2. The van der Waals surface area contributed by atoms with Gasteiger partial charge in [0.15, 0.2) is 0 Å². The van der Waals surface area contributed by atoms with E-state index in [-0.39, 0.29) is 0 Å². The van der Waals surface area contributed by atoms with Crippen molar-refractivity contribution in [2.24, 2.45) is 0 Å². The lowest BCUT2D eigenvalue weighted by Crippen LogP contribution is -2.47. The Bertz CT molecular complexity index is 490. The first-order valence-electron chi connectivity index (χ1n) is 9.18. The third-order valence-corrected chi connectivity index (χ3v) is 4.99. The van der Waals surface area contributed by atoms with Gasteiger partial charge in [0.2, 0.25) is 0 Å². The summed E-state index contributed by atoms with van der Waals surface area (Å²) in [6.45, 7) is 12.0. The zero-order valence-corrected chi connectivity index (χ0v) is 16.0. The summed E-state index contributed by atoms with van der Waals surface area (Å²) in [6, 6.07) is 7.36. The smallest absolute Gasteiger partial charge is 0.119 e. The van der Waals surface area contributed by atoms with Gasteiger partial charge in [-0.1, -0.05) is 6.07 Å². The number of aliphatic hydroxyl groups excluding tert-OH is 1. The fourth-order valence-corrected chi connectivity index (χ4v) is 3.59. The maximum Gasteiger partial charge on any atom is 0.119 e. The fourth-order valence-electron chi connectivity index (χ4n) is 3.59. The molecule has 1 aliphatic rings. The van der Waals surface area contributed by atoms with E-state index in [2.05, 4.69) is 50.6 Å². The van der Waals surface area contributed by atoms with E-state index in [1.165, 1.54) is 24.0 Å². The van der Waals surface area contributed by atoms with Crippen molar-refractivity contribution < 1.29 is 9.84 Å². The Morgan fingerprint density at radius 1 is 1.17 bits per heavy atom. The second kappa shape index (κ2) is 8.84. The van der Waals surface area contributed by atoms with Gasteiger partial charge in [-0.2, -0.15) is 0 Å². The van der Waals surface area contributed by atoms with E-state index in [1.807, 2.05) is 12.1 Å². The molecule has 0 aromatic heterocycles. The summed E-state index contributed by atoms with van der Waals surface area (Å²) in [5, 5.41) is 10.3. The third kappa shape index (κ3) is 5.76. The molecule has 2 rings (SSSR count). The van der Waals surface area contributed by atoms with Crippen LogP contribution in [-0.4, -0.2) is 66.4 Å². The number of likely N-dealkylation sites (N-methyl/N-ethyl adjacent to an activating group) is 1. The van der Waals surface area contributed by atoms with Gasteiger partial charge in [0.1, 0.15) is 18.5 Å². The number of likely N-dealkylation sites (tertiary alicyclic amines) is 1. The second-order valence-corrected chi connectivity index (χ2v) is 7.59. The van der Waals surface area contributed by atoms with Crippen LogP contribution in [0.3, 0.4) is 0 Å². The Labute approximate surface area is 147 Å². The molecule has 0 saturated carbocycles. The molecule has 1 fully saturated rings. The van der Waals surface area contributed by atoms with Gasteiger partial charge in [0.25, 0.3) is 0 Å². The number of rotatable bonds is 7.